The Morgan fingerprint density at radius 1 is 1.19 bits per heavy atom. The molecule has 27 heavy (non-hydrogen) atoms. The molecule has 4 rings (SSSR count). The van der Waals surface area contributed by atoms with Crippen molar-refractivity contribution >= 4 is 24.6 Å². The van der Waals surface area contributed by atoms with Gasteiger partial charge in [0.05, 0.1) is 26.1 Å². The topological polar surface area (TPSA) is 114 Å². The fourth-order valence-corrected chi connectivity index (χ4v) is 4.28. The molecule has 1 aliphatic heterocycles. The standard InChI is InChI=1S/C17H20N5O4P/c18-16-15-17(20-10-19-16)22(11-21-15)6-7-24-12-27(23)25-8-14(9-26-27)13-4-2-1-3-5-13/h1-5,10-11,14H,6-9,12H2,(H2,18,19,20). The van der Waals surface area contributed by atoms with Gasteiger partial charge in [0.2, 0.25) is 0 Å². The molecule has 2 aromatic heterocycles. The van der Waals surface area contributed by atoms with Crippen LogP contribution in [0.2, 0.25) is 0 Å². The first-order chi connectivity index (χ1) is 13.1. The number of benzene rings is 1. The highest BCUT2D eigenvalue weighted by atomic mass is 31.2. The maximum absolute atomic E-state index is 12.6. The lowest BCUT2D eigenvalue weighted by molar-refractivity contribution is 0.0867. The van der Waals surface area contributed by atoms with E-state index in [-0.39, 0.29) is 12.3 Å². The number of imidazole rings is 1. The maximum Gasteiger partial charge on any atom is 0.356 e. The number of anilines is 1. The molecule has 1 saturated heterocycles. The van der Waals surface area contributed by atoms with E-state index in [4.69, 9.17) is 19.5 Å². The normalized spacial score (nSPS) is 22.9. The van der Waals surface area contributed by atoms with Gasteiger partial charge in [0, 0.05) is 12.5 Å². The van der Waals surface area contributed by atoms with E-state index < -0.39 is 7.60 Å². The summed E-state index contributed by atoms with van der Waals surface area (Å²) in [7, 11) is -3.23. The van der Waals surface area contributed by atoms with Crippen LogP contribution in [0.1, 0.15) is 11.5 Å². The van der Waals surface area contributed by atoms with Crippen LogP contribution in [0.15, 0.2) is 43.0 Å². The van der Waals surface area contributed by atoms with Crippen LogP contribution < -0.4 is 5.73 Å². The summed E-state index contributed by atoms with van der Waals surface area (Å²) in [6.07, 6.45) is 2.93. The predicted molar refractivity (Wildman–Crippen MR) is 99.2 cm³/mol. The first-order valence-electron chi connectivity index (χ1n) is 8.57. The van der Waals surface area contributed by atoms with Crippen LogP contribution in [-0.4, -0.2) is 45.7 Å². The van der Waals surface area contributed by atoms with Gasteiger partial charge in [-0.3, -0.25) is 4.57 Å². The molecule has 2 N–H and O–H groups in total. The summed E-state index contributed by atoms with van der Waals surface area (Å²) < 4.78 is 31.0. The zero-order chi connectivity index (χ0) is 18.7. The molecule has 142 valence electrons. The Morgan fingerprint density at radius 2 is 1.96 bits per heavy atom. The van der Waals surface area contributed by atoms with E-state index >= 15 is 0 Å². The summed E-state index contributed by atoms with van der Waals surface area (Å²) in [5, 5.41) is 0. The Morgan fingerprint density at radius 3 is 2.74 bits per heavy atom. The largest absolute Gasteiger partial charge is 0.382 e. The van der Waals surface area contributed by atoms with Crippen molar-refractivity contribution in [2.24, 2.45) is 0 Å². The molecule has 1 aromatic carbocycles. The molecule has 0 saturated carbocycles. The average Bonchev–Trinajstić information content (AvgIpc) is 3.11. The van der Waals surface area contributed by atoms with Crippen molar-refractivity contribution in [3.63, 3.8) is 0 Å². The second kappa shape index (κ2) is 7.74. The molecule has 0 bridgehead atoms. The van der Waals surface area contributed by atoms with Crippen molar-refractivity contribution < 1.29 is 18.3 Å². The Hall–Kier alpha value is -2.32. The van der Waals surface area contributed by atoms with Gasteiger partial charge in [-0.15, -0.1) is 0 Å². The molecule has 0 aliphatic carbocycles. The van der Waals surface area contributed by atoms with Gasteiger partial charge < -0.3 is 24.1 Å². The smallest absolute Gasteiger partial charge is 0.356 e. The SMILES string of the molecule is Nc1ncnc2c1ncn2CCOCP1(=O)OCC(c2ccccc2)CO1. The number of ether oxygens (including phenoxy) is 1. The van der Waals surface area contributed by atoms with Crippen LogP contribution in [0.5, 0.6) is 0 Å². The third kappa shape index (κ3) is 4.01. The molecule has 3 aromatic rings. The van der Waals surface area contributed by atoms with Gasteiger partial charge >= 0.3 is 7.60 Å². The Balaban J connectivity index is 1.27. The number of nitrogen functional groups attached to an aromatic ring is 1. The van der Waals surface area contributed by atoms with Crippen LogP contribution in [0.3, 0.4) is 0 Å². The molecule has 0 unspecified atom stereocenters. The van der Waals surface area contributed by atoms with Crippen molar-refractivity contribution in [3.05, 3.63) is 48.5 Å². The second-order valence-electron chi connectivity index (χ2n) is 6.22. The molecule has 0 spiro atoms. The van der Waals surface area contributed by atoms with E-state index in [1.165, 1.54) is 6.33 Å². The van der Waals surface area contributed by atoms with E-state index in [9.17, 15) is 4.57 Å². The summed E-state index contributed by atoms with van der Waals surface area (Å²) in [6, 6.07) is 9.90. The maximum atomic E-state index is 12.6. The van der Waals surface area contributed by atoms with E-state index in [0.29, 0.717) is 43.3 Å². The number of nitrogens with zero attached hydrogens (tertiary/aromatic N) is 4. The Kier molecular flexibility index (Phi) is 5.18. The molecule has 10 heteroatoms. The fourth-order valence-electron chi connectivity index (χ4n) is 2.89. The van der Waals surface area contributed by atoms with Crippen molar-refractivity contribution in [2.45, 2.75) is 12.5 Å². The van der Waals surface area contributed by atoms with Gasteiger partial charge in [0.25, 0.3) is 0 Å². The molecule has 1 fully saturated rings. The summed E-state index contributed by atoms with van der Waals surface area (Å²) >= 11 is 0. The average molecular weight is 389 g/mol. The number of rotatable bonds is 6. The molecule has 9 nitrogen and oxygen atoms in total. The van der Waals surface area contributed by atoms with Gasteiger partial charge in [0.1, 0.15) is 18.2 Å². The van der Waals surface area contributed by atoms with E-state index in [1.54, 1.807) is 10.9 Å². The summed E-state index contributed by atoms with van der Waals surface area (Å²) in [6.45, 7) is 1.51. The molecule has 3 heterocycles. The zero-order valence-electron chi connectivity index (χ0n) is 14.6. The summed E-state index contributed by atoms with van der Waals surface area (Å²) in [5.41, 5.74) is 8.06. The lowest BCUT2D eigenvalue weighted by Gasteiger charge is -2.29. The minimum absolute atomic E-state index is 0.0794. The zero-order valence-corrected chi connectivity index (χ0v) is 15.5. The monoisotopic (exact) mass is 389 g/mol. The number of nitrogens with two attached hydrogens (primary N) is 1. The van der Waals surface area contributed by atoms with Crippen LogP contribution in [0.25, 0.3) is 11.2 Å². The molecular weight excluding hydrogens is 369 g/mol. The molecule has 0 atom stereocenters. The molecular formula is C17H20N5O4P. The van der Waals surface area contributed by atoms with Gasteiger partial charge in [-0.25, -0.2) is 15.0 Å². The third-order valence-corrected chi connectivity index (χ3v) is 5.96. The van der Waals surface area contributed by atoms with E-state index in [0.717, 1.165) is 5.56 Å². The van der Waals surface area contributed by atoms with Crippen LogP contribution in [-0.2, 0) is 24.9 Å². The number of fused-ring (bicyclic) bond motifs is 1. The number of hydrogen-bond acceptors (Lipinski definition) is 8. The Bertz CT molecular complexity index is 952. The fraction of sp³-hybridized carbons (Fsp3) is 0.353. The highest BCUT2D eigenvalue weighted by Gasteiger charge is 2.33. The first kappa shape index (κ1) is 18.1. The number of hydrogen-bond donors (Lipinski definition) is 1. The van der Waals surface area contributed by atoms with Gasteiger partial charge in [-0.1, -0.05) is 30.3 Å². The predicted octanol–water partition coefficient (Wildman–Crippen LogP) is 2.41. The number of aromatic nitrogens is 4. The van der Waals surface area contributed by atoms with Gasteiger partial charge in [0.15, 0.2) is 11.5 Å². The molecule has 0 amide bonds. The van der Waals surface area contributed by atoms with Crippen LogP contribution >= 0.6 is 7.60 Å². The van der Waals surface area contributed by atoms with Crippen molar-refractivity contribution in [3.8, 4) is 0 Å². The van der Waals surface area contributed by atoms with Gasteiger partial charge in [-0.2, -0.15) is 0 Å². The molecule has 1 aliphatic rings. The highest BCUT2D eigenvalue weighted by Crippen LogP contribution is 2.52. The lowest BCUT2D eigenvalue weighted by atomic mass is 10.0. The van der Waals surface area contributed by atoms with Crippen molar-refractivity contribution in [2.75, 3.05) is 31.9 Å². The van der Waals surface area contributed by atoms with Crippen LogP contribution in [0, 0.1) is 0 Å². The third-order valence-electron chi connectivity index (χ3n) is 4.37. The summed E-state index contributed by atoms with van der Waals surface area (Å²) in [5.74, 6) is 0.414. The second-order valence-corrected chi connectivity index (χ2v) is 8.21. The van der Waals surface area contributed by atoms with Crippen molar-refractivity contribution in [1.82, 2.24) is 19.5 Å². The van der Waals surface area contributed by atoms with Gasteiger partial charge in [-0.05, 0) is 5.56 Å². The van der Waals surface area contributed by atoms with E-state index in [2.05, 4.69) is 15.0 Å². The van der Waals surface area contributed by atoms with Crippen LogP contribution in [0.4, 0.5) is 5.82 Å². The highest BCUT2D eigenvalue weighted by molar-refractivity contribution is 7.53. The van der Waals surface area contributed by atoms with E-state index in [1.807, 2.05) is 30.3 Å². The summed E-state index contributed by atoms with van der Waals surface area (Å²) in [4.78, 5) is 12.3. The van der Waals surface area contributed by atoms with Crippen molar-refractivity contribution in [1.29, 1.82) is 0 Å². The first-order valence-corrected chi connectivity index (χ1v) is 10.3. The lowest BCUT2D eigenvalue weighted by Crippen LogP contribution is -2.21. The minimum atomic E-state index is -3.23. The molecule has 0 radical (unpaired) electrons. The Labute approximate surface area is 156 Å². The minimum Gasteiger partial charge on any atom is -0.382 e. The quantitative estimate of drug-likeness (QED) is 0.505.